The number of ether oxygens (including phenoxy) is 1. The predicted octanol–water partition coefficient (Wildman–Crippen LogP) is -0.442. The number of aromatic nitrogens is 3. The van der Waals surface area contributed by atoms with E-state index in [-0.39, 0.29) is 10.7 Å². The van der Waals surface area contributed by atoms with Crippen molar-refractivity contribution in [2.24, 2.45) is 0 Å². The van der Waals surface area contributed by atoms with Crippen LogP contribution in [-0.2, 0) is 9.53 Å². The third-order valence-corrected chi connectivity index (χ3v) is 2.38. The molecule has 0 radical (unpaired) electrons. The minimum absolute atomic E-state index is 0.194. The maximum Gasteiger partial charge on any atom is 0.343 e. The molecule has 0 saturated carbocycles. The SMILES string of the molecule is COCCNC(=O)C(C)n1c(=O)[nH][nH]c1=S. The van der Waals surface area contributed by atoms with E-state index in [0.717, 1.165) is 0 Å². The zero-order chi connectivity index (χ0) is 12.1. The fourth-order valence-electron chi connectivity index (χ4n) is 1.21. The summed E-state index contributed by atoms with van der Waals surface area (Å²) in [5.74, 6) is -0.279. The Morgan fingerprint density at radius 3 is 2.81 bits per heavy atom. The van der Waals surface area contributed by atoms with Crippen molar-refractivity contribution in [1.29, 1.82) is 0 Å². The summed E-state index contributed by atoms with van der Waals surface area (Å²) in [6, 6.07) is -0.653. The molecule has 1 amide bonds. The van der Waals surface area contributed by atoms with Crippen molar-refractivity contribution in [3.05, 3.63) is 15.3 Å². The van der Waals surface area contributed by atoms with Crippen LogP contribution in [0.1, 0.15) is 13.0 Å². The Hall–Kier alpha value is -1.41. The number of nitrogens with zero attached hydrogens (tertiary/aromatic N) is 1. The molecule has 0 spiro atoms. The zero-order valence-electron chi connectivity index (χ0n) is 9.07. The Morgan fingerprint density at radius 2 is 2.31 bits per heavy atom. The van der Waals surface area contributed by atoms with Crippen LogP contribution < -0.4 is 11.0 Å². The van der Waals surface area contributed by atoms with Gasteiger partial charge in [-0.05, 0) is 19.1 Å². The molecule has 1 unspecified atom stereocenters. The average Bonchev–Trinajstić information content (AvgIpc) is 2.58. The molecule has 8 heteroatoms. The third-order valence-electron chi connectivity index (χ3n) is 2.09. The fourth-order valence-corrected chi connectivity index (χ4v) is 1.50. The van der Waals surface area contributed by atoms with E-state index in [0.29, 0.717) is 13.2 Å². The van der Waals surface area contributed by atoms with E-state index in [1.165, 1.54) is 4.57 Å². The monoisotopic (exact) mass is 246 g/mol. The van der Waals surface area contributed by atoms with Gasteiger partial charge in [-0.25, -0.2) is 9.89 Å². The molecule has 1 aromatic heterocycles. The highest BCUT2D eigenvalue weighted by Crippen LogP contribution is 2.01. The normalized spacial score (nSPS) is 12.4. The lowest BCUT2D eigenvalue weighted by molar-refractivity contribution is -0.124. The van der Waals surface area contributed by atoms with Crippen molar-refractivity contribution in [3.63, 3.8) is 0 Å². The van der Waals surface area contributed by atoms with Crippen molar-refractivity contribution in [2.45, 2.75) is 13.0 Å². The lowest BCUT2D eigenvalue weighted by atomic mass is 10.3. The first-order valence-electron chi connectivity index (χ1n) is 4.73. The van der Waals surface area contributed by atoms with Crippen LogP contribution in [0.3, 0.4) is 0 Å². The Labute approximate surface area is 96.8 Å². The van der Waals surface area contributed by atoms with E-state index >= 15 is 0 Å². The smallest absolute Gasteiger partial charge is 0.343 e. The van der Waals surface area contributed by atoms with Gasteiger partial charge >= 0.3 is 5.69 Å². The van der Waals surface area contributed by atoms with E-state index in [4.69, 9.17) is 17.0 Å². The molecule has 1 aromatic rings. The number of H-pyrrole nitrogens is 2. The lowest BCUT2D eigenvalue weighted by Crippen LogP contribution is -2.36. The first-order valence-corrected chi connectivity index (χ1v) is 5.14. The maximum atomic E-state index is 11.6. The van der Waals surface area contributed by atoms with Crippen molar-refractivity contribution in [2.75, 3.05) is 20.3 Å². The summed E-state index contributed by atoms with van der Waals surface area (Å²) in [5, 5.41) is 7.42. The van der Waals surface area contributed by atoms with Crippen molar-refractivity contribution in [3.8, 4) is 0 Å². The minimum Gasteiger partial charge on any atom is -0.383 e. The number of aromatic amines is 2. The second kappa shape index (κ2) is 5.61. The molecular formula is C8H14N4O3S. The molecule has 1 heterocycles. The van der Waals surface area contributed by atoms with Gasteiger partial charge in [0.05, 0.1) is 6.61 Å². The van der Waals surface area contributed by atoms with Gasteiger partial charge in [-0.3, -0.25) is 14.5 Å². The highest BCUT2D eigenvalue weighted by molar-refractivity contribution is 7.71. The molecular weight excluding hydrogens is 232 g/mol. The van der Waals surface area contributed by atoms with Gasteiger partial charge in [-0.1, -0.05) is 0 Å². The summed E-state index contributed by atoms with van der Waals surface area (Å²) in [6.45, 7) is 2.42. The van der Waals surface area contributed by atoms with Crippen LogP contribution in [0.5, 0.6) is 0 Å². The molecule has 0 fully saturated rings. The van der Waals surface area contributed by atoms with Crippen LogP contribution in [0.4, 0.5) is 0 Å². The summed E-state index contributed by atoms with van der Waals surface area (Å²) >= 11 is 4.88. The minimum atomic E-state index is -0.653. The zero-order valence-corrected chi connectivity index (χ0v) is 9.89. The lowest BCUT2D eigenvalue weighted by Gasteiger charge is -2.11. The van der Waals surface area contributed by atoms with Crippen LogP contribution in [0.2, 0.25) is 0 Å². The van der Waals surface area contributed by atoms with Crippen molar-refractivity contribution >= 4 is 18.1 Å². The molecule has 90 valence electrons. The van der Waals surface area contributed by atoms with Gasteiger partial charge in [0.15, 0.2) is 4.77 Å². The number of nitrogens with one attached hydrogen (secondary N) is 3. The third kappa shape index (κ3) is 2.80. The van der Waals surface area contributed by atoms with Crippen LogP contribution in [0.15, 0.2) is 4.79 Å². The first-order chi connectivity index (χ1) is 7.57. The topological polar surface area (TPSA) is 91.9 Å². The predicted molar refractivity (Wildman–Crippen MR) is 59.8 cm³/mol. The molecule has 16 heavy (non-hydrogen) atoms. The molecule has 1 rings (SSSR count). The molecule has 0 aliphatic heterocycles. The summed E-state index contributed by atoms with van der Waals surface area (Å²) in [6.07, 6.45) is 0. The number of carbonyl (C=O) groups excluding carboxylic acids is 1. The quantitative estimate of drug-likeness (QED) is 0.485. The Morgan fingerprint density at radius 1 is 1.62 bits per heavy atom. The van der Waals surface area contributed by atoms with Crippen LogP contribution in [0, 0.1) is 4.77 Å². The summed E-state index contributed by atoms with van der Waals surface area (Å²) < 4.78 is 6.17. The first kappa shape index (κ1) is 12.7. The second-order valence-electron chi connectivity index (χ2n) is 3.19. The second-order valence-corrected chi connectivity index (χ2v) is 3.58. The van der Waals surface area contributed by atoms with Crippen molar-refractivity contribution in [1.82, 2.24) is 20.1 Å². The Balaban J connectivity index is 2.71. The molecule has 0 bridgehead atoms. The van der Waals surface area contributed by atoms with E-state index in [1.54, 1.807) is 14.0 Å². The van der Waals surface area contributed by atoms with E-state index < -0.39 is 11.7 Å². The molecule has 0 aliphatic carbocycles. The largest absolute Gasteiger partial charge is 0.383 e. The van der Waals surface area contributed by atoms with E-state index in [2.05, 4.69) is 15.5 Å². The average molecular weight is 246 g/mol. The van der Waals surface area contributed by atoms with Crippen LogP contribution in [-0.4, -0.2) is 40.9 Å². The standard InChI is InChI=1S/C8H14N4O3S/c1-5(6(13)9-3-4-15-2)12-7(14)10-11-8(12)16/h5H,3-4H2,1-2H3,(H,9,13)(H,10,14)(H,11,16). The molecule has 1 atom stereocenters. The number of rotatable bonds is 5. The van der Waals surface area contributed by atoms with E-state index in [1.807, 2.05) is 0 Å². The van der Waals surface area contributed by atoms with Gasteiger partial charge in [0, 0.05) is 13.7 Å². The summed E-state index contributed by atoms with van der Waals surface area (Å²) in [4.78, 5) is 22.9. The van der Waals surface area contributed by atoms with Gasteiger partial charge in [0.25, 0.3) is 0 Å². The Bertz CT molecular complexity index is 433. The number of carbonyl (C=O) groups is 1. The number of hydrogen-bond acceptors (Lipinski definition) is 4. The number of hydrogen-bond donors (Lipinski definition) is 3. The van der Waals surface area contributed by atoms with Gasteiger partial charge in [0.2, 0.25) is 5.91 Å². The Kier molecular flexibility index (Phi) is 4.44. The van der Waals surface area contributed by atoms with E-state index in [9.17, 15) is 9.59 Å². The molecule has 0 saturated heterocycles. The number of amides is 1. The molecule has 0 aliphatic rings. The van der Waals surface area contributed by atoms with Gasteiger partial charge in [0.1, 0.15) is 6.04 Å². The van der Waals surface area contributed by atoms with Gasteiger partial charge in [-0.15, -0.1) is 0 Å². The maximum absolute atomic E-state index is 11.6. The van der Waals surface area contributed by atoms with Crippen LogP contribution >= 0.6 is 12.2 Å². The molecule has 7 nitrogen and oxygen atoms in total. The molecule has 3 N–H and O–H groups in total. The fraction of sp³-hybridized carbons (Fsp3) is 0.625. The highest BCUT2D eigenvalue weighted by Gasteiger charge is 2.17. The highest BCUT2D eigenvalue weighted by atomic mass is 32.1. The summed E-state index contributed by atoms with van der Waals surface area (Å²) in [5.41, 5.74) is -0.431. The number of methoxy groups -OCH3 is 1. The summed E-state index contributed by atoms with van der Waals surface area (Å²) in [7, 11) is 1.54. The van der Waals surface area contributed by atoms with Crippen LogP contribution in [0.25, 0.3) is 0 Å². The van der Waals surface area contributed by atoms with Gasteiger partial charge in [-0.2, -0.15) is 0 Å². The molecule has 0 aromatic carbocycles. The van der Waals surface area contributed by atoms with Gasteiger partial charge < -0.3 is 10.1 Å². The van der Waals surface area contributed by atoms with Crippen molar-refractivity contribution < 1.29 is 9.53 Å².